The summed E-state index contributed by atoms with van der Waals surface area (Å²) >= 11 is 1.72. The molecule has 1 N–H and O–H groups in total. The summed E-state index contributed by atoms with van der Waals surface area (Å²) in [6.07, 6.45) is 3.31. The molecule has 0 unspecified atom stereocenters. The molecule has 7 heteroatoms. The van der Waals surface area contributed by atoms with Crippen LogP contribution in [0.5, 0.6) is 5.75 Å². The van der Waals surface area contributed by atoms with Crippen molar-refractivity contribution >= 4 is 33.3 Å². The van der Waals surface area contributed by atoms with Crippen molar-refractivity contribution in [3.05, 3.63) is 82.5 Å². The third-order valence-electron chi connectivity index (χ3n) is 6.75. The van der Waals surface area contributed by atoms with Gasteiger partial charge in [0.1, 0.15) is 29.3 Å². The highest BCUT2D eigenvalue weighted by molar-refractivity contribution is 7.18. The average molecular weight is 487 g/mol. The molecule has 1 aliphatic rings. The van der Waals surface area contributed by atoms with Crippen LogP contribution in [0.2, 0.25) is 0 Å². The Hall–Kier alpha value is -3.45. The van der Waals surface area contributed by atoms with E-state index in [9.17, 15) is 4.79 Å². The Labute approximate surface area is 210 Å². The first kappa shape index (κ1) is 23.3. The standard InChI is InChI=1S/C28H30N4O2S/c1-19-20(2)35-28-25(19)26(30-18-31-28)32-14-12-23(13-15-32)27(33)29-16-21-8-10-24(11-9-21)34-17-22-6-4-3-5-7-22/h3-11,18,23H,12-17H2,1-2H3,(H,29,33). The van der Waals surface area contributed by atoms with Gasteiger partial charge in [-0.3, -0.25) is 4.79 Å². The van der Waals surface area contributed by atoms with E-state index < -0.39 is 0 Å². The predicted molar refractivity (Wildman–Crippen MR) is 141 cm³/mol. The molecule has 1 fully saturated rings. The minimum atomic E-state index is 0.0300. The molecule has 35 heavy (non-hydrogen) atoms. The highest BCUT2D eigenvalue weighted by Gasteiger charge is 2.27. The van der Waals surface area contributed by atoms with E-state index in [0.29, 0.717) is 13.2 Å². The third kappa shape index (κ3) is 5.30. The van der Waals surface area contributed by atoms with E-state index in [1.807, 2.05) is 54.6 Å². The van der Waals surface area contributed by atoms with Crippen LogP contribution < -0.4 is 15.0 Å². The second kappa shape index (κ2) is 10.4. The minimum Gasteiger partial charge on any atom is -0.489 e. The van der Waals surface area contributed by atoms with Crippen molar-refractivity contribution in [2.75, 3.05) is 18.0 Å². The van der Waals surface area contributed by atoms with Crippen LogP contribution in [0.4, 0.5) is 5.82 Å². The molecule has 1 amide bonds. The number of piperidine rings is 1. The van der Waals surface area contributed by atoms with E-state index >= 15 is 0 Å². The summed E-state index contributed by atoms with van der Waals surface area (Å²) in [5.74, 6) is 1.99. The Morgan fingerprint density at radius 2 is 1.77 bits per heavy atom. The topological polar surface area (TPSA) is 67.4 Å². The van der Waals surface area contributed by atoms with Gasteiger partial charge < -0.3 is 15.0 Å². The number of hydrogen-bond donors (Lipinski definition) is 1. The lowest BCUT2D eigenvalue weighted by atomic mass is 9.95. The van der Waals surface area contributed by atoms with Gasteiger partial charge in [0.15, 0.2) is 0 Å². The van der Waals surface area contributed by atoms with Crippen LogP contribution in [0.15, 0.2) is 60.9 Å². The van der Waals surface area contributed by atoms with Gasteiger partial charge in [0.05, 0.1) is 5.39 Å². The number of carbonyl (C=O) groups excluding carboxylic acids is 1. The van der Waals surface area contributed by atoms with E-state index in [1.54, 1.807) is 17.7 Å². The maximum absolute atomic E-state index is 12.8. The van der Waals surface area contributed by atoms with Crippen molar-refractivity contribution < 1.29 is 9.53 Å². The first-order chi connectivity index (χ1) is 17.1. The van der Waals surface area contributed by atoms with Crippen LogP contribution in [0.25, 0.3) is 10.2 Å². The highest BCUT2D eigenvalue weighted by atomic mass is 32.1. The molecule has 4 aromatic rings. The van der Waals surface area contributed by atoms with E-state index in [4.69, 9.17) is 4.74 Å². The average Bonchev–Trinajstić information content (AvgIpc) is 3.20. The molecule has 180 valence electrons. The smallest absolute Gasteiger partial charge is 0.223 e. The Morgan fingerprint density at radius 1 is 1.03 bits per heavy atom. The number of aromatic nitrogens is 2. The number of hydrogen-bond acceptors (Lipinski definition) is 6. The molecule has 2 aromatic carbocycles. The number of benzene rings is 2. The number of aryl methyl sites for hydroxylation is 2. The van der Waals surface area contributed by atoms with Crippen LogP contribution in [-0.4, -0.2) is 29.0 Å². The molecule has 1 saturated heterocycles. The molecule has 5 rings (SSSR count). The molecule has 1 aliphatic heterocycles. The maximum Gasteiger partial charge on any atom is 0.223 e. The zero-order valence-electron chi connectivity index (χ0n) is 20.2. The summed E-state index contributed by atoms with van der Waals surface area (Å²) in [7, 11) is 0. The molecule has 0 atom stereocenters. The van der Waals surface area contributed by atoms with Crippen LogP contribution >= 0.6 is 11.3 Å². The highest BCUT2D eigenvalue weighted by Crippen LogP contribution is 2.35. The number of amides is 1. The Morgan fingerprint density at radius 3 is 2.51 bits per heavy atom. The zero-order chi connectivity index (χ0) is 24.2. The first-order valence-electron chi connectivity index (χ1n) is 12.1. The van der Waals surface area contributed by atoms with Gasteiger partial charge in [-0.05, 0) is 55.5 Å². The quantitative estimate of drug-likeness (QED) is 0.378. The number of nitrogens with one attached hydrogen (secondary N) is 1. The lowest BCUT2D eigenvalue weighted by Gasteiger charge is -2.32. The van der Waals surface area contributed by atoms with Crippen molar-refractivity contribution in [2.45, 2.75) is 39.8 Å². The van der Waals surface area contributed by atoms with Gasteiger partial charge in [-0.2, -0.15) is 0 Å². The van der Waals surface area contributed by atoms with Crippen molar-refractivity contribution in [2.24, 2.45) is 5.92 Å². The molecule has 0 radical (unpaired) electrons. The Kier molecular flexibility index (Phi) is 6.95. The molecule has 3 heterocycles. The SMILES string of the molecule is Cc1sc2ncnc(N3CCC(C(=O)NCc4ccc(OCc5ccccc5)cc4)CC3)c2c1C. The molecule has 6 nitrogen and oxygen atoms in total. The molecule has 0 bridgehead atoms. The number of fused-ring (bicyclic) bond motifs is 1. The molecular weight excluding hydrogens is 456 g/mol. The Balaban J connectivity index is 1.11. The number of thiophene rings is 1. The lowest BCUT2D eigenvalue weighted by molar-refractivity contribution is -0.125. The van der Waals surface area contributed by atoms with Gasteiger partial charge in [-0.25, -0.2) is 9.97 Å². The van der Waals surface area contributed by atoms with E-state index in [1.165, 1.54) is 10.4 Å². The van der Waals surface area contributed by atoms with Gasteiger partial charge in [0.2, 0.25) is 5.91 Å². The minimum absolute atomic E-state index is 0.0300. The summed E-state index contributed by atoms with van der Waals surface area (Å²) in [5, 5.41) is 4.28. The summed E-state index contributed by atoms with van der Waals surface area (Å²) in [6, 6.07) is 18.0. The van der Waals surface area contributed by atoms with Crippen LogP contribution in [0, 0.1) is 19.8 Å². The number of ether oxygens (including phenoxy) is 1. The van der Waals surface area contributed by atoms with Crippen LogP contribution in [0.1, 0.15) is 34.4 Å². The van der Waals surface area contributed by atoms with E-state index in [0.717, 1.165) is 58.8 Å². The molecule has 2 aromatic heterocycles. The second-order valence-corrected chi connectivity index (χ2v) is 10.3. The lowest BCUT2D eigenvalue weighted by Crippen LogP contribution is -2.40. The predicted octanol–water partition coefficient (Wildman–Crippen LogP) is 5.42. The molecule has 0 aliphatic carbocycles. The van der Waals surface area contributed by atoms with Crippen molar-refractivity contribution in [3.8, 4) is 5.75 Å². The van der Waals surface area contributed by atoms with Gasteiger partial charge in [0, 0.05) is 30.4 Å². The van der Waals surface area contributed by atoms with Crippen molar-refractivity contribution in [1.82, 2.24) is 15.3 Å². The number of anilines is 1. The van der Waals surface area contributed by atoms with Gasteiger partial charge >= 0.3 is 0 Å². The maximum atomic E-state index is 12.8. The number of nitrogens with zero attached hydrogens (tertiary/aromatic N) is 3. The van der Waals surface area contributed by atoms with Gasteiger partial charge in [-0.1, -0.05) is 42.5 Å². The van der Waals surface area contributed by atoms with Crippen LogP contribution in [0.3, 0.4) is 0 Å². The Bertz CT molecular complexity index is 1300. The monoisotopic (exact) mass is 486 g/mol. The van der Waals surface area contributed by atoms with Crippen molar-refractivity contribution in [1.29, 1.82) is 0 Å². The molecular formula is C28H30N4O2S. The van der Waals surface area contributed by atoms with Gasteiger partial charge in [0.25, 0.3) is 0 Å². The fourth-order valence-corrected chi connectivity index (χ4v) is 5.53. The fourth-order valence-electron chi connectivity index (χ4n) is 4.54. The summed E-state index contributed by atoms with van der Waals surface area (Å²) < 4.78 is 5.85. The largest absolute Gasteiger partial charge is 0.489 e. The van der Waals surface area contributed by atoms with Crippen molar-refractivity contribution in [3.63, 3.8) is 0 Å². The van der Waals surface area contributed by atoms with Crippen LogP contribution in [-0.2, 0) is 17.9 Å². The molecule has 0 saturated carbocycles. The number of rotatable bonds is 7. The normalized spacial score (nSPS) is 14.3. The van der Waals surface area contributed by atoms with Gasteiger partial charge in [-0.15, -0.1) is 11.3 Å². The zero-order valence-corrected chi connectivity index (χ0v) is 21.0. The third-order valence-corrected chi connectivity index (χ3v) is 7.86. The second-order valence-electron chi connectivity index (χ2n) is 9.06. The first-order valence-corrected chi connectivity index (χ1v) is 12.9. The summed E-state index contributed by atoms with van der Waals surface area (Å²) in [6.45, 7) is 6.99. The fraction of sp³-hybridized carbons (Fsp3) is 0.321. The summed E-state index contributed by atoms with van der Waals surface area (Å²) in [5.41, 5.74) is 3.46. The van der Waals surface area contributed by atoms with E-state index in [2.05, 4.69) is 34.0 Å². The number of carbonyl (C=O) groups is 1. The molecule has 0 spiro atoms. The summed E-state index contributed by atoms with van der Waals surface area (Å²) in [4.78, 5) is 26.5. The van der Waals surface area contributed by atoms with E-state index in [-0.39, 0.29) is 11.8 Å².